The van der Waals surface area contributed by atoms with Gasteiger partial charge in [-0.15, -0.1) is 0 Å². The van der Waals surface area contributed by atoms with E-state index in [-0.39, 0.29) is 23.6 Å². The summed E-state index contributed by atoms with van der Waals surface area (Å²) in [5, 5.41) is 13.1. The van der Waals surface area contributed by atoms with Crippen LogP contribution in [-0.4, -0.2) is 54.0 Å². The first-order valence-corrected chi connectivity index (χ1v) is 12.8. The van der Waals surface area contributed by atoms with Crippen molar-refractivity contribution in [1.82, 2.24) is 29.2 Å². The Morgan fingerprint density at radius 2 is 1.92 bits per heavy atom. The molecule has 1 aliphatic rings. The van der Waals surface area contributed by atoms with Gasteiger partial charge in [0.2, 0.25) is 5.95 Å². The highest BCUT2D eigenvalue weighted by molar-refractivity contribution is 5.77. The van der Waals surface area contributed by atoms with Crippen LogP contribution >= 0.6 is 0 Å². The van der Waals surface area contributed by atoms with Crippen molar-refractivity contribution >= 4 is 22.7 Å². The smallest absolute Gasteiger partial charge is 0.278 e. The maximum atomic E-state index is 13.4. The van der Waals surface area contributed by atoms with Crippen LogP contribution in [-0.2, 0) is 18.4 Å². The standard InChI is InChI=1S/C28H35N7O2/c1-18(2)34-26(37)23-16-30-27(31-21-7-6-20-17-33(12-13-36)11-9-19(20)14-21)32-25(23)35(34)22-8-10-29-24(15-22)28(3,4)5/h6-8,10,14-16,18,36H,9,11-13,17H2,1-5H3,(H,30,31,32). The quantitative estimate of drug-likeness (QED) is 0.413. The van der Waals surface area contributed by atoms with Crippen LogP contribution in [0.4, 0.5) is 11.6 Å². The van der Waals surface area contributed by atoms with E-state index in [2.05, 4.69) is 53.1 Å². The van der Waals surface area contributed by atoms with Crippen molar-refractivity contribution in [2.24, 2.45) is 0 Å². The molecule has 0 radical (unpaired) electrons. The number of hydrogen-bond donors (Lipinski definition) is 2. The van der Waals surface area contributed by atoms with E-state index < -0.39 is 0 Å². The van der Waals surface area contributed by atoms with Gasteiger partial charge in [0.05, 0.1) is 12.3 Å². The topological polar surface area (TPSA) is 101 Å². The van der Waals surface area contributed by atoms with Gasteiger partial charge < -0.3 is 10.4 Å². The van der Waals surface area contributed by atoms with Gasteiger partial charge in [-0.05, 0) is 55.7 Å². The maximum absolute atomic E-state index is 13.4. The lowest BCUT2D eigenvalue weighted by Crippen LogP contribution is -2.32. The zero-order chi connectivity index (χ0) is 26.3. The third-order valence-corrected chi connectivity index (χ3v) is 6.84. The van der Waals surface area contributed by atoms with E-state index in [4.69, 9.17) is 4.98 Å². The molecule has 0 saturated carbocycles. The molecular formula is C28H35N7O2. The number of β-amino-alcohol motifs (C(OH)–C–C–N with tert-alkyl or cyclic N) is 1. The second-order valence-corrected chi connectivity index (χ2v) is 11.0. The fraction of sp³-hybridized carbons (Fsp3) is 0.429. The number of nitrogens with one attached hydrogen (secondary N) is 1. The summed E-state index contributed by atoms with van der Waals surface area (Å²) in [6, 6.07) is 10.2. The predicted octanol–water partition coefficient (Wildman–Crippen LogP) is 3.95. The summed E-state index contributed by atoms with van der Waals surface area (Å²) in [5.74, 6) is 0.435. The van der Waals surface area contributed by atoms with Gasteiger partial charge in [0.25, 0.3) is 5.56 Å². The summed E-state index contributed by atoms with van der Waals surface area (Å²) in [6.45, 7) is 13.0. The molecule has 4 heterocycles. The number of benzene rings is 1. The van der Waals surface area contributed by atoms with E-state index in [1.165, 1.54) is 11.1 Å². The number of anilines is 2. The van der Waals surface area contributed by atoms with Gasteiger partial charge in [0, 0.05) is 54.9 Å². The Labute approximate surface area is 216 Å². The molecule has 1 aromatic carbocycles. The third kappa shape index (κ3) is 4.89. The van der Waals surface area contributed by atoms with Crippen LogP contribution < -0.4 is 10.9 Å². The first-order chi connectivity index (χ1) is 17.7. The van der Waals surface area contributed by atoms with Gasteiger partial charge in [0.15, 0.2) is 5.65 Å². The van der Waals surface area contributed by atoms with Crippen molar-refractivity contribution < 1.29 is 5.11 Å². The van der Waals surface area contributed by atoms with E-state index in [0.717, 1.165) is 36.6 Å². The predicted molar refractivity (Wildman–Crippen MR) is 146 cm³/mol. The van der Waals surface area contributed by atoms with Crippen LogP contribution in [0.25, 0.3) is 16.7 Å². The molecule has 0 amide bonds. The number of aliphatic hydroxyl groups is 1. The molecular weight excluding hydrogens is 466 g/mol. The van der Waals surface area contributed by atoms with Gasteiger partial charge in [0.1, 0.15) is 5.39 Å². The van der Waals surface area contributed by atoms with Crippen LogP contribution in [0.1, 0.15) is 57.5 Å². The number of pyridine rings is 1. The average Bonchev–Trinajstić information content (AvgIpc) is 3.16. The molecule has 37 heavy (non-hydrogen) atoms. The van der Waals surface area contributed by atoms with Crippen molar-refractivity contribution in [2.75, 3.05) is 25.0 Å². The summed E-state index contributed by atoms with van der Waals surface area (Å²) in [7, 11) is 0. The van der Waals surface area contributed by atoms with Crippen molar-refractivity contribution in [3.05, 3.63) is 69.9 Å². The summed E-state index contributed by atoms with van der Waals surface area (Å²) in [5.41, 5.74) is 5.55. The summed E-state index contributed by atoms with van der Waals surface area (Å²) in [6.07, 6.45) is 4.32. The highest BCUT2D eigenvalue weighted by Gasteiger charge is 2.22. The van der Waals surface area contributed by atoms with Crippen molar-refractivity contribution in [3.63, 3.8) is 0 Å². The Balaban J connectivity index is 1.54. The number of nitrogens with zero attached hydrogens (tertiary/aromatic N) is 6. The molecule has 0 atom stereocenters. The minimum absolute atomic E-state index is 0.0737. The Kier molecular flexibility index (Phi) is 6.59. The van der Waals surface area contributed by atoms with Gasteiger partial charge in [-0.2, -0.15) is 4.98 Å². The Hall–Kier alpha value is -3.56. The number of fused-ring (bicyclic) bond motifs is 2. The molecule has 0 bridgehead atoms. The van der Waals surface area contributed by atoms with E-state index >= 15 is 0 Å². The average molecular weight is 502 g/mol. The fourth-order valence-corrected chi connectivity index (χ4v) is 4.89. The van der Waals surface area contributed by atoms with Crippen molar-refractivity contribution in [2.45, 2.75) is 59.0 Å². The molecule has 0 unspecified atom stereocenters. The molecule has 0 spiro atoms. The second kappa shape index (κ2) is 9.72. The lowest BCUT2D eigenvalue weighted by molar-refractivity contribution is 0.184. The number of aromatic nitrogens is 5. The minimum Gasteiger partial charge on any atom is -0.395 e. The fourth-order valence-electron chi connectivity index (χ4n) is 4.89. The van der Waals surface area contributed by atoms with Gasteiger partial charge in [-0.3, -0.25) is 14.7 Å². The van der Waals surface area contributed by atoms with Crippen LogP contribution in [0.2, 0.25) is 0 Å². The van der Waals surface area contributed by atoms with Crippen LogP contribution in [0.3, 0.4) is 0 Å². The number of aliphatic hydroxyl groups excluding tert-OH is 1. The van der Waals surface area contributed by atoms with Crippen molar-refractivity contribution in [3.8, 4) is 5.69 Å². The van der Waals surface area contributed by atoms with E-state index in [1.807, 2.05) is 36.7 Å². The lowest BCUT2D eigenvalue weighted by Gasteiger charge is -2.28. The number of hydrogen-bond acceptors (Lipinski definition) is 7. The largest absolute Gasteiger partial charge is 0.395 e. The zero-order valence-electron chi connectivity index (χ0n) is 22.2. The summed E-state index contributed by atoms with van der Waals surface area (Å²) in [4.78, 5) is 29.5. The first-order valence-electron chi connectivity index (χ1n) is 12.8. The summed E-state index contributed by atoms with van der Waals surface area (Å²) < 4.78 is 3.61. The molecule has 0 saturated heterocycles. The summed E-state index contributed by atoms with van der Waals surface area (Å²) >= 11 is 0. The Morgan fingerprint density at radius 1 is 1.11 bits per heavy atom. The number of rotatable bonds is 6. The van der Waals surface area contributed by atoms with Crippen LogP contribution in [0.15, 0.2) is 47.5 Å². The minimum atomic E-state index is -0.134. The van der Waals surface area contributed by atoms with E-state index in [9.17, 15) is 9.90 Å². The molecule has 0 fully saturated rings. The maximum Gasteiger partial charge on any atom is 0.278 e. The van der Waals surface area contributed by atoms with Gasteiger partial charge in [-0.25, -0.2) is 14.3 Å². The van der Waals surface area contributed by atoms with Crippen LogP contribution in [0.5, 0.6) is 0 Å². The highest BCUT2D eigenvalue weighted by Crippen LogP contribution is 2.27. The first kappa shape index (κ1) is 25.1. The molecule has 2 N–H and O–H groups in total. The second-order valence-electron chi connectivity index (χ2n) is 11.0. The molecule has 3 aromatic heterocycles. The molecule has 1 aliphatic heterocycles. The monoisotopic (exact) mass is 501 g/mol. The molecule has 4 aromatic rings. The van der Waals surface area contributed by atoms with E-state index in [1.54, 1.807) is 17.1 Å². The van der Waals surface area contributed by atoms with E-state index in [0.29, 0.717) is 23.5 Å². The normalized spacial score (nSPS) is 14.4. The highest BCUT2D eigenvalue weighted by atomic mass is 16.3. The third-order valence-electron chi connectivity index (χ3n) is 6.84. The van der Waals surface area contributed by atoms with Crippen molar-refractivity contribution in [1.29, 1.82) is 0 Å². The Morgan fingerprint density at radius 3 is 2.65 bits per heavy atom. The molecule has 9 nitrogen and oxygen atoms in total. The molecule has 0 aliphatic carbocycles. The van der Waals surface area contributed by atoms with Crippen LogP contribution in [0, 0.1) is 0 Å². The molecule has 5 rings (SSSR count). The van der Waals surface area contributed by atoms with Gasteiger partial charge >= 0.3 is 0 Å². The SMILES string of the molecule is CC(C)n1c(=O)c2cnc(Nc3ccc4c(c3)CCN(CCO)C4)nc2n1-c1ccnc(C(C)(C)C)c1. The molecule has 9 heteroatoms. The van der Waals surface area contributed by atoms with Gasteiger partial charge in [-0.1, -0.05) is 26.8 Å². The Bertz CT molecular complexity index is 1500. The lowest BCUT2D eigenvalue weighted by atomic mass is 9.91. The molecule has 194 valence electrons. The zero-order valence-corrected chi connectivity index (χ0v) is 22.2.